The number of aliphatic carboxylic acids is 1. The number of carboxylic acids is 1. The number of aldehydes is 1. The largest absolute Gasteiger partial charge is 0.481 e. The van der Waals surface area contributed by atoms with E-state index in [-0.39, 0.29) is 19.3 Å². The zero-order chi connectivity index (χ0) is 26.0. The van der Waals surface area contributed by atoms with Crippen molar-refractivity contribution >= 4 is 40.9 Å². The highest BCUT2D eigenvalue weighted by molar-refractivity contribution is 5.94. The fourth-order valence-corrected chi connectivity index (χ4v) is 3.59. The zero-order valence-electron chi connectivity index (χ0n) is 19.9. The van der Waals surface area contributed by atoms with E-state index in [4.69, 9.17) is 10.8 Å². The normalized spacial score (nSPS) is 14.4. The lowest BCUT2D eigenvalue weighted by Crippen LogP contribution is -2.56. The molecule has 11 heteroatoms. The Morgan fingerprint density at radius 1 is 1.06 bits per heavy atom. The minimum Gasteiger partial charge on any atom is -0.481 e. The molecule has 7 N–H and O–H groups in total. The lowest BCUT2D eigenvalue weighted by Gasteiger charge is -2.23. The summed E-state index contributed by atoms with van der Waals surface area (Å²) in [4.78, 5) is 63.4. The number of carboxylic acid groups (broad SMARTS) is 1. The van der Waals surface area contributed by atoms with Gasteiger partial charge in [0.2, 0.25) is 17.7 Å². The third kappa shape index (κ3) is 8.21. The molecular formula is C24H33N5O6. The third-order valence-corrected chi connectivity index (χ3v) is 5.58. The monoisotopic (exact) mass is 487 g/mol. The molecule has 1 aromatic carbocycles. The van der Waals surface area contributed by atoms with Gasteiger partial charge in [0.1, 0.15) is 18.4 Å². The summed E-state index contributed by atoms with van der Waals surface area (Å²) in [6.07, 6.45) is 3.08. The molecule has 0 bridgehead atoms. The molecule has 3 amide bonds. The van der Waals surface area contributed by atoms with Gasteiger partial charge in [0, 0.05) is 29.9 Å². The Bertz CT molecular complexity index is 1050. The van der Waals surface area contributed by atoms with Crippen LogP contribution in [-0.4, -0.2) is 64.2 Å². The van der Waals surface area contributed by atoms with Crippen LogP contribution < -0.4 is 21.7 Å². The third-order valence-electron chi connectivity index (χ3n) is 5.58. The van der Waals surface area contributed by atoms with Crippen molar-refractivity contribution in [3.8, 4) is 0 Å². The summed E-state index contributed by atoms with van der Waals surface area (Å²) in [5, 5.41) is 17.4. The molecule has 0 saturated carbocycles. The van der Waals surface area contributed by atoms with Crippen molar-refractivity contribution < 1.29 is 29.1 Å². The van der Waals surface area contributed by atoms with E-state index in [1.165, 1.54) is 6.92 Å². The second-order valence-electron chi connectivity index (χ2n) is 8.43. The molecule has 0 radical (unpaired) electrons. The van der Waals surface area contributed by atoms with Crippen molar-refractivity contribution in [1.29, 1.82) is 0 Å². The summed E-state index contributed by atoms with van der Waals surface area (Å²) in [7, 11) is 0. The number of fused-ring (bicyclic) bond motifs is 1. The number of amides is 3. The van der Waals surface area contributed by atoms with E-state index in [0.29, 0.717) is 19.1 Å². The average molecular weight is 488 g/mol. The SMILES string of the molecule is CCC[C@H](N)C(=O)N[C@@H](C)C(=O)N[C@@H](Cc1c[nH]c2ccccc12)C(=O)N[C@H](C=O)CCC(=O)O. The maximum Gasteiger partial charge on any atom is 0.303 e. The molecule has 35 heavy (non-hydrogen) atoms. The maximum absolute atomic E-state index is 13.0. The first-order chi connectivity index (χ1) is 16.7. The van der Waals surface area contributed by atoms with Gasteiger partial charge >= 0.3 is 5.97 Å². The Morgan fingerprint density at radius 3 is 2.43 bits per heavy atom. The fraction of sp³-hybridized carbons (Fsp3) is 0.458. The van der Waals surface area contributed by atoms with Gasteiger partial charge in [-0.05, 0) is 31.4 Å². The first-order valence-corrected chi connectivity index (χ1v) is 11.5. The van der Waals surface area contributed by atoms with Crippen LogP contribution in [0.3, 0.4) is 0 Å². The van der Waals surface area contributed by atoms with Crippen molar-refractivity contribution in [2.75, 3.05) is 0 Å². The lowest BCUT2D eigenvalue weighted by molar-refractivity contribution is -0.137. The van der Waals surface area contributed by atoms with Crippen LogP contribution in [0.1, 0.15) is 45.1 Å². The molecule has 0 aliphatic heterocycles. The van der Waals surface area contributed by atoms with Gasteiger partial charge in [0.15, 0.2) is 0 Å². The summed E-state index contributed by atoms with van der Waals surface area (Å²) >= 11 is 0. The van der Waals surface area contributed by atoms with Gasteiger partial charge < -0.3 is 36.6 Å². The van der Waals surface area contributed by atoms with Crippen molar-refractivity contribution in [2.24, 2.45) is 5.73 Å². The highest BCUT2D eigenvalue weighted by Crippen LogP contribution is 2.19. The number of aromatic nitrogens is 1. The number of nitrogens with one attached hydrogen (secondary N) is 4. The van der Waals surface area contributed by atoms with Crippen LogP contribution in [0.2, 0.25) is 0 Å². The van der Waals surface area contributed by atoms with Crippen LogP contribution in [0.25, 0.3) is 10.9 Å². The van der Waals surface area contributed by atoms with E-state index in [1.807, 2.05) is 31.2 Å². The number of para-hydroxylation sites is 1. The van der Waals surface area contributed by atoms with Crippen molar-refractivity contribution in [3.05, 3.63) is 36.0 Å². The molecule has 2 rings (SSSR count). The summed E-state index contributed by atoms with van der Waals surface area (Å²) in [6, 6.07) is 3.64. The smallest absolute Gasteiger partial charge is 0.303 e. The molecule has 190 valence electrons. The van der Waals surface area contributed by atoms with E-state index < -0.39 is 47.9 Å². The molecule has 0 spiro atoms. The molecule has 0 unspecified atom stereocenters. The number of benzene rings is 1. The standard InChI is InChI=1S/C24H33N5O6/c1-3-6-18(25)23(34)27-14(2)22(33)29-20(24(35)28-16(13-30)9-10-21(31)32)11-15-12-26-19-8-5-4-7-17(15)19/h4-5,7-8,12-14,16,18,20,26H,3,6,9-11,25H2,1-2H3,(H,27,34)(H,28,35)(H,29,33)(H,31,32)/t14-,16-,18-,20-/m0/s1. The molecule has 4 atom stereocenters. The Kier molecular flexibility index (Phi) is 10.4. The number of carbonyl (C=O) groups is 5. The predicted molar refractivity (Wildman–Crippen MR) is 129 cm³/mol. The molecule has 0 aliphatic carbocycles. The number of carbonyl (C=O) groups excluding carboxylic acids is 4. The second kappa shape index (κ2) is 13.2. The van der Waals surface area contributed by atoms with Gasteiger partial charge in [0.25, 0.3) is 0 Å². The van der Waals surface area contributed by atoms with E-state index >= 15 is 0 Å². The lowest BCUT2D eigenvalue weighted by atomic mass is 10.0. The molecule has 0 saturated heterocycles. The van der Waals surface area contributed by atoms with E-state index in [0.717, 1.165) is 16.5 Å². The number of nitrogens with two attached hydrogens (primary N) is 1. The first-order valence-electron chi connectivity index (χ1n) is 11.5. The Balaban J connectivity index is 2.18. The van der Waals surface area contributed by atoms with Crippen LogP contribution >= 0.6 is 0 Å². The Hall–Kier alpha value is -3.73. The number of rotatable bonds is 14. The quantitative estimate of drug-likeness (QED) is 0.208. The van der Waals surface area contributed by atoms with Gasteiger partial charge in [-0.2, -0.15) is 0 Å². The summed E-state index contributed by atoms with van der Waals surface area (Å²) in [6.45, 7) is 3.37. The molecular weight excluding hydrogens is 454 g/mol. The summed E-state index contributed by atoms with van der Waals surface area (Å²) in [5.74, 6) is -2.81. The van der Waals surface area contributed by atoms with Crippen LogP contribution in [0.15, 0.2) is 30.5 Å². The van der Waals surface area contributed by atoms with Crippen LogP contribution in [-0.2, 0) is 30.4 Å². The average Bonchev–Trinajstić information content (AvgIpc) is 3.23. The second-order valence-corrected chi connectivity index (χ2v) is 8.43. The number of hydrogen-bond acceptors (Lipinski definition) is 6. The highest BCUT2D eigenvalue weighted by atomic mass is 16.4. The maximum atomic E-state index is 13.0. The van der Waals surface area contributed by atoms with Crippen molar-refractivity contribution in [2.45, 2.75) is 70.1 Å². The van der Waals surface area contributed by atoms with Gasteiger partial charge in [-0.3, -0.25) is 19.2 Å². The fourth-order valence-electron chi connectivity index (χ4n) is 3.59. The number of H-pyrrole nitrogens is 1. The van der Waals surface area contributed by atoms with Crippen LogP contribution in [0.5, 0.6) is 0 Å². The zero-order valence-corrected chi connectivity index (χ0v) is 19.9. The minimum atomic E-state index is -1.10. The van der Waals surface area contributed by atoms with E-state index in [1.54, 1.807) is 6.20 Å². The number of aromatic amines is 1. The van der Waals surface area contributed by atoms with Crippen molar-refractivity contribution in [1.82, 2.24) is 20.9 Å². The van der Waals surface area contributed by atoms with Crippen LogP contribution in [0, 0.1) is 0 Å². The van der Waals surface area contributed by atoms with E-state index in [2.05, 4.69) is 20.9 Å². The highest BCUT2D eigenvalue weighted by Gasteiger charge is 2.28. The summed E-state index contributed by atoms with van der Waals surface area (Å²) in [5.41, 5.74) is 7.42. The summed E-state index contributed by atoms with van der Waals surface area (Å²) < 4.78 is 0. The predicted octanol–water partition coefficient (Wildman–Crippen LogP) is 0.376. The molecule has 0 fully saturated rings. The molecule has 0 aliphatic rings. The van der Waals surface area contributed by atoms with Gasteiger partial charge in [-0.25, -0.2) is 0 Å². The first kappa shape index (κ1) is 27.5. The topological polar surface area (TPSA) is 183 Å². The van der Waals surface area contributed by atoms with Gasteiger partial charge in [-0.15, -0.1) is 0 Å². The van der Waals surface area contributed by atoms with Gasteiger partial charge in [-0.1, -0.05) is 31.5 Å². The molecule has 11 nitrogen and oxygen atoms in total. The van der Waals surface area contributed by atoms with Crippen LogP contribution in [0.4, 0.5) is 0 Å². The molecule has 1 aromatic heterocycles. The van der Waals surface area contributed by atoms with Crippen molar-refractivity contribution in [3.63, 3.8) is 0 Å². The molecule has 1 heterocycles. The van der Waals surface area contributed by atoms with Gasteiger partial charge in [0.05, 0.1) is 12.1 Å². The Labute approximate surface area is 203 Å². The van der Waals surface area contributed by atoms with E-state index in [9.17, 15) is 24.0 Å². The Morgan fingerprint density at radius 2 is 1.77 bits per heavy atom. The number of hydrogen-bond donors (Lipinski definition) is 6. The molecule has 2 aromatic rings. The minimum absolute atomic E-state index is 0.0832.